The molecule has 138 valence electrons. The van der Waals surface area contributed by atoms with E-state index in [1.165, 1.54) is 9.87 Å². The van der Waals surface area contributed by atoms with Crippen LogP contribution in [0.25, 0.3) is 0 Å². The van der Waals surface area contributed by atoms with Gasteiger partial charge in [-0.15, -0.1) is 11.8 Å². The number of amides is 1. The van der Waals surface area contributed by atoms with Crippen molar-refractivity contribution in [1.29, 1.82) is 0 Å². The van der Waals surface area contributed by atoms with Gasteiger partial charge in [0.15, 0.2) is 0 Å². The van der Waals surface area contributed by atoms with Gasteiger partial charge in [0.25, 0.3) is 0 Å². The molecule has 1 fully saturated rings. The fourth-order valence-corrected chi connectivity index (χ4v) is 5.17. The number of piperazine rings is 1. The Morgan fingerprint density at radius 3 is 2.08 bits per heavy atom. The molecule has 1 saturated heterocycles. The molecule has 0 bridgehead atoms. The van der Waals surface area contributed by atoms with Crippen molar-refractivity contribution in [3.8, 4) is 0 Å². The highest BCUT2D eigenvalue weighted by Crippen LogP contribution is 2.18. The lowest BCUT2D eigenvalue weighted by Gasteiger charge is -2.34. The number of carbonyl (C=O) groups excluding carboxylic acids is 1. The van der Waals surface area contributed by atoms with E-state index in [4.69, 9.17) is 0 Å². The minimum atomic E-state index is -3.47. The van der Waals surface area contributed by atoms with Gasteiger partial charge in [-0.05, 0) is 17.7 Å². The Morgan fingerprint density at radius 1 is 0.885 bits per heavy atom. The van der Waals surface area contributed by atoms with Crippen LogP contribution in [-0.2, 0) is 20.6 Å². The average Bonchev–Trinajstić information content (AvgIpc) is 2.69. The van der Waals surface area contributed by atoms with Crippen LogP contribution in [0.15, 0.2) is 65.6 Å². The first kappa shape index (κ1) is 18.9. The first-order valence-electron chi connectivity index (χ1n) is 8.52. The molecule has 3 rings (SSSR count). The van der Waals surface area contributed by atoms with Crippen molar-refractivity contribution in [1.82, 2.24) is 9.21 Å². The lowest BCUT2D eigenvalue weighted by molar-refractivity contribution is -0.129. The Labute approximate surface area is 159 Å². The van der Waals surface area contributed by atoms with E-state index in [-0.39, 0.29) is 5.91 Å². The van der Waals surface area contributed by atoms with Crippen molar-refractivity contribution in [2.24, 2.45) is 0 Å². The Kier molecular flexibility index (Phi) is 6.34. The van der Waals surface area contributed by atoms with Crippen molar-refractivity contribution in [3.63, 3.8) is 0 Å². The molecule has 0 atom stereocenters. The van der Waals surface area contributed by atoms with Crippen molar-refractivity contribution < 1.29 is 13.2 Å². The van der Waals surface area contributed by atoms with E-state index in [0.717, 1.165) is 5.75 Å². The topological polar surface area (TPSA) is 57.7 Å². The summed E-state index contributed by atoms with van der Waals surface area (Å²) >= 11 is 1.59. The molecule has 26 heavy (non-hydrogen) atoms. The molecule has 0 spiro atoms. The molecule has 1 amide bonds. The zero-order valence-electron chi connectivity index (χ0n) is 14.5. The predicted octanol–water partition coefficient (Wildman–Crippen LogP) is 2.45. The summed E-state index contributed by atoms with van der Waals surface area (Å²) in [5, 5.41) is 0. The average molecular weight is 391 g/mol. The van der Waals surface area contributed by atoms with Crippen molar-refractivity contribution in [2.75, 3.05) is 31.9 Å². The van der Waals surface area contributed by atoms with E-state index >= 15 is 0 Å². The Bertz CT molecular complexity index is 818. The number of hydrogen-bond donors (Lipinski definition) is 0. The van der Waals surface area contributed by atoms with Crippen LogP contribution in [0.1, 0.15) is 5.56 Å². The van der Waals surface area contributed by atoms with Gasteiger partial charge in [-0.25, -0.2) is 8.42 Å². The Hall–Kier alpha value is -1.83. The summed E-state index contributed by atoms with van der Waals surface area (Å²) in [6.45, 7) is 1.56. The van der Waals surface area contributed by atoms with Gasteiger partial charge in [-0.1, -0.05) is 48.5 Å². The second-order valence-corrected chi connectivity index (χ2v) is 9.00. The van der Waals surface area contributed by atoms with Crippen LogP contribution in [0.5, 0.6) is 0 Å². The molecule has 7 heteroatoms. The van der Waals surface area contributed by atoms with Crippen LogP contribution in [0.3, 0.4) is 0 Å². The van der Waals surface area contributed by atoms with Gasteiger partial charge in [0.05, 0.1) is 10.6 Å². The molecule has 1 aliphatic heterocycles. The highest BCUT2D eigenvalue weighted by atomic mass is 32.2. The maximum absolute atomic E-state index is 12.6. The molecule has 0 unspecified atom stereocenters. The standard InChI is InChI=1S/C19H22N2O3S2/c22-19(16-25-15-17-7-3-1-4-8-17)20-11-13-21(14-12-20)26(23,24)18-9-5-2-6-10-18/h1-10H,11-16H2. The second kappa shape index (κ2) is 8.70. The quantitative estimate of drug-likeness (QED) is 0.760. The molecule has 5 nitrogen and oxygen atoms in total. The summed E-state index contributed by atoms with van der Waals surface area (Å²) in [6, 6.07) is 18.5. The largest absolute Gasteiger partial charge is 0.339 e. The smallest absolute Gasteiger partial charge is 0.243 e. The molecule has 2 aromatic rings. The van der Waals surface area contributed by atoms with Crippen LogP contribution in [0.4, 0.5) is 0 Å². The highest BCUT2D eigenvalue weighted by molar-refractivity contribution is 7.99. The summed E-state index contributed by atoms with van der Waals surface area (Å²) in [7, 11) is -3.47. The summed E-state index contributed by atoms with van der Waals surface area (Å²) < 4.78 is 26.7. The van der Waals surface area contributed by atoms with Gasteiger partial charge in [-0.3, -0.25) is 4.79 Å². The van der Waals surface area contributed by atoms with Crippen LogP contribution < -0.4 is 0 Å². The first-order valence-corrected chi connectivity index (χ1v) is 11.1. The number of hydrogen-bond acceptors (Lipinski definition) is 4. The summed E-state index contributed by atoms with van der Waals surface area (Å²) in [5.74, 6) is 1.29. The highest BCUT2D eigenvalue weighted by Gasteiger charge is 2.29. The number of sulfonamides is 1. The minimum absolute atomic E-state index is 0.0719. The summed E-state index contributed by atoms with van der Waals surface area (Å²) in [4.78, 5) is 14.4. The van der Waals surface area contributed by atoms with Crippen LogP contribution >= 0.6 is 11.8 Å². The summed E-state index contributed by atoms with van der Waals surface area (Å²) in [5.41, 5.74) is 1.20. The molecule has 1 aliphatic rings. The first-order chi connectivity index (χ1) is 12.6. The molecule has 0 radical (unpaired) electrons. The van der Waals surface area contributed by atoms with Gasteiger partial charge >= 0.3 is 0 Å². The van der Waals surface area contributed by atoms with E-state index in [0.29, 0.717) is 36.8 Å². The number of rotatable bonds is 6. The van der Waals surface area contributed by atoms with E-state index in [1.807, 2.05) is 30.3 Å². The zero-order valence-corrected chi connectivity index (χ0v) is 16.1. The monoisotopic (exact) mass is 390 g/mol. The molecular weight excluding hydrogens is 368 g/mol. The molecule has 0 saturated carbocycles. The third-order valence-electron chi connectivity index (χ3n) is 4.31. The number of carbonyl (C=O) groups is 1. The van der Waals surface area contributed by atoms with E-state index < -0.39 is 10.0 Å². The lowest BCUT2D eigenvalue weighted by atomic mass is 10.2. The SMILES string of the molecule is O=C(CSCc1ccccc1)N1CCN(S(=O)(=O)c2ccccc2)CC1. The lowest BCUT2D eigenvalue weighted by Crippen LogP contribution is -2.50. The number of thioether (sulfide) groups is 1. The van der Waals surface area contributed by atoms with Gasteiger partial charge in [-0.2, -0.15) is 4.31 Å². The molecule has 0 N–H and O–H groups in total. The van der Waals surface area contributed by atoms with Gasteiger partial charge in [0.2, 0.25) is 15.9 Å². The van der Waals surface area contributed by atoms with Crippen LogP contribution in [-0.4, -0.2) is 55.5 Å². The molecule has 0 aromatic heterocycles. The van der Waals surface area contributed by atoms with E-state index in [9.17, 15) is 13.2 Å². The maximum atomic E-state index is 12.6. The summed E-state index contributed by atoms with van der Waals surface area (Å²) in [6.07, 6.45) is 0. The van der Waals surface area contributed by atoms with Crippen LogP contribution in [0.2, 0.25) is 0 Å². The molecular formula is C19H22N2O3S2. The van der Waals surface area contributed by atoms with Crippen molar-refractivity contribution in [3.05, 3.63) is 66.2 Å². The maximum Gasteiger partial charge on any atom is 0.243 e. The van der Waals surface area contributed by atoms with Crippen molar-refractivity contribution >= 4 is 27.7 Å². The van der Waals surface area contributed by atoms with Crippen molar-refractivity contribution in [2.45, 2.75) is 10.6 Å². The Morgan fingerprint density at radius 2 is 1.46 bits per heavy atom. The van der Waals surface area contributed by atoms with Crippen LogP contribution in [0, 0.1) is 0 Å². The predicted molar refractivity (Wildman–Crippen MR) is 104 cm³/mol. The van der Waals surface area contributed by atoms with Gasteiger partial charge in [0, 0.05) is 31.9 Å². The van der Waals surface area contributed by atoms with Gasteiger partial charge in [0.1, 0.15) is 0 Å². The fraction of sp³-hybridized carbons (Fsp3) is 0.316. The Balaban J connectivity index is 1.48. The number of benzene rings is 2. The van der Waals surface area contributed by atoms with Gasteiger partial charge < -0.3 is 4.90 Å². The normalized spacial score (nSPS) is 15.8. The second-order valence-electron chi connectivity index (χ2n) is 6.08. The molecule has 0 aliphatic carbocycles. The third kappa shape index (κ3) is 4.66. The molecule has 2 aromatic carbocycles. The van der Waals surface area contributed by atoms with E-state index in [1.54, 1.807) is 47.0 Å². The number of nitrogens with zero attached hydrogens (tertiary/aromatic N) is 2. The van der Waals surface area contributed by atoms with E-state index in [2.05, 4.69) is 0 Å². The fourth-order valence-electron chi connectivity index (χ4n) is 2.84. The minimum Gasteiger partial charge on any atom is -0.339 e. The zero-order chi connectivity index (χ0) is 18.4. The third-order valence-corrected chi connectivity index (χ3v) is 7.21. The molecule has 1 heterocycles.